The highest BCUT2D eigenvalue weighted by molar-refractivity contribution is 6.74. The van der Waals surface area contributed by atoms with Crippen LogP contribution in [0.1, 0.15) is 34.1 Å². The van der Waals surface area contributed by atoms with E-state index in [1.54, 1.807) is 6.92 Å². The number of anilines is 1. The number of hydrogen-bond acceptors (Lipinski definition) is 8. The second kappa shape index (κ2) is 9.73. The number of esters is 1. The summed E-state index contributed by atoms with van der Waals surface area (Å²) < 4.78 is 16.2. The van der Waals surface area contributed by atoms with E-state index < -0.39 is 31.6 Å². The van der Waals surface area contributed by atoms with Crippen molar-refractivity contribution in [2.45, 2.75) is 52.2 Å². The Morgan fingerprint density at radius 2 is 2.03 bits per heavy atom. The fourth-order valence-corrected chi connectivity index (χ4v) is 3.90. The first-order chi connectivity index (χ1) is 14.4. The maximum Gasteiger partial charge on any atom is 0.408 e. The van der Waals surface area contributed by atoms with Gasteiger partial charge in [0.15, 0.2) is 14.9 Å². The van der Waals surface area contributed by atoms with Gasteiger partial charge in [-0.05, 0) is 41.0 Å². The van der Waals surface area contributed by atoms with Crippen molar-refractivity contribution in [1.82, 2.24) is 4.98 Å². The van der Waals surface area contributed by atoms with E-state index in [0.717, 1.165) is 0 Å². The predicted molar refractivity (Wildman–Crippen MR) is 117 cm³/mol. The molecule has 0 saturated carbocycles. The van der Waals surface area contributed by atoms with E-state index in [0.29, 0.717) is 19.6 Å². The molecule has 0 bridgehead atoms. The fourth-order valence-electron chi connectivity index (χ4n) is 2.82. The number of nitro groups is 1. The van der Waals surface area contributed by atoms with Gasteiger partial charge in [0.25, 0.3) is 5.82 Å². The van der Waals surface area contributed by atoms with Crippen molar-refractivity contribution in [2.75, 3.05) is 31.3 Å². The van der Waals surface area contributed by atoms with E-state index in [9.17, 15) is 19.7 Å². The van der Waals surface area contributed by atoms with E-state index in [2.05, 4.69) is 38.8 Å². The number of carbonyl (C=O) groups is 2. The molecule has 1 saturated heterocycles. The second-order valence-corrected chi connectivity index (χ2v) is 13.8. The van der Waals surface area contributed by atoms with Crippen LogP contribution in [-0.4, -0.2) is 56.5 Å². The highest BCUT2D eigenvalue weighted by atomic mass is 28.4. The fraction of sp³-hybridized carbons (Fsp3) is 0.650. The monoisotopic (exact) mass is 453 g/mol. The van der Waals surface area contributed by atoms with Crippen molar-refractivity contribution in [3.8, 4) is 5.75 Å². The summed E-state index contributed by atoms with van der Waals surface area (Å²) in [6.45, 7) is 13.0. The standard InChI is InChI=1S/C20H31N3O7Si/c1-7-28-18(25)13-29-15-8-9-16(21-19(15)23(26)27)22-11-14(10-17(22)24)12-30-31(5,6)20(2,3)4/h8-9,14H,7,10-13H2,1-6H3/t14-/m1/s1. The minimum absolute atomic E-state index is 0.0118. The third-order valence-electron chi connectivity index (χ3n) is 5.62. The zero-order valence-electron chi connectivity index (χ0n) is 19.0. The van der Waals surface area contributed by atoms with Crippen molar-refractivity contribution in [3.05, 3.63) is 22.2 Å². The summed E-state index contributed by atoms with van der Waals surface area (Å²) >= 11 is 0. The number of ether oxygens (including phenoxy) is 2. The molecular weight excluding hydrogens is 422 g/mol. The van der Waals surface area contributed by atoms with Gasteiger partial charge in [0.1, 0.15) is 0 Å². The molecule has 1 amide bonds. The quantitative estimate of drug-likeness (QED) is 0.242. The Bertz CT molecular complexity index is 839. The topological polar surface area (TPSA) is 121 Å². The maximum absolute atomic E-state index is 12.5. The Labute approximate surface area is 183 Å². The first kappa shape index (κ1) is 24.7. The van der Waals surface area contributed by atoms with Crippen LogP contribution in [0.3, 0.4) is 0 Å². The van der Waals surface area contributed by atoms with Crippen LogP contribution in [0, 0.1) is 16.0 Å². The van der Waals surface area contributed by atoms with Gasteiger partial charge < -0.3 is 24.0 Å². The lowest BCUT2D eigenvalue weighted by Crippen LogP contribution is -2.42. The molecule has 1 aromatic rings. The molecule has 31 heavy (non-hydrogen) atoms. The van der Waals surface area contributed by atoms with E-state index in [-0.39, 0.29) is 35.0 Å². The number of rotatable bonds is 9. The van der Waals surface area contributed by atoms with Gasteiger partial charge in [-0.25, -0.2) is 4.79 Å². The van der Waals surface area contributed by atoms with Gasteiger partial charge >= 0.3 is 11.8 Å². The molecule has 0 unspecified atom stereocenters. The Balaban J connectivity index is 2.10. The minimum atomic E-state index is -1.94. The van der Waals surface area contributed by atoms with Crippen LogP contribution in [0.25, 0.3) is 0 Å². The number of amides is 1. The first-order valence-electron chi connectivity index (χ1n) is 10.2. The Hall–Kier alpha value is -2.53. The third kappa shape index (κ3) is 6.23. The van der Waals surface area contributed by atoms with Crippen LogP contribution in [0.4, 0.5) is 11.6 Å². The molecular formula is C20H31N3O7Si. The van der Waals surface area contributed by atoms with Crippen molar-refractivity contribution < 1.29 is 28.4 Å². The van der Waals surface area contributed by atoms with Crippen LogP contribution >= 0.6 is 0 Å². The molecule has 2 rings (SSSR count). The summed E-state index contributed by atoms with van der Waals surface area (Å²) in [5.74, 6) is -1.36. The molecule has 0 aromatic carbocycles. The Kier molecular flexibility index (Phi) is 7.76. The predicted octanol–water partition coefficient (Wildman–Crippen LogP) is 3.31. The van der Waals surface area contributed by atoms with Gasteiger partial charge in [0, 0.05) is 31.6 Å². The van der Waals surface area contributed by atoms with Crippen molar-refractivity contribution in [2.24, 2.45) is 5.92 Å². The first-order valence-corrected chi connectivity index (χ1v) is 13.1. The summed E-state index contributed by atoms with van der Waals surface area (Å²) in [7, 11) is -1.94. The SMILES string of the molecule is CCOC(=O)COc1ccc(N2C[C@H](CO[Si](C)(C)C(C)(C)C)CC2=O)nc1[N+](=O)[O-]. The number of nitrogens with zero attached hydrogens (tertiary/aromatic N) is 3. The van der Waals surface area contributed by atoms with Crippen LogP contribution in [-0.2, 0) is 18.8 Å². The average Bonchev–Trinajstić information content (AvgIpc) is 3.04. The zero-order valence-corrected chi connectivity index (χ0v) is 20.0. The molecule has 172 valence electrons. The summed E-state index contributed by atoms with van der Waals surface area (Å²) in [6, 6.07) is 2.81. The van der Waals surface area contributed by atoms with Crippen molar-refractivity contribution in [1.29, 1.82) is 0 Å². The van der Waals surface area contributed by atoms with E-state index in [1.165, 1.54) is 17.0 Å². The van der Waals surface area contributed by atoms with E-state index >= 15 is 0 Å². The Morgan fingerprint density at radius 1 is 1.35 bits per heavy atom. The second-order valence-electron chi connectivity index (χ2n) is 8.99. The molecule has 1 fully saturated rings. The van der Waals surface area contributed by atoms with Gasteiger partial charge in [-0.15, -0.1) is 0 Å². The highest BCUT2D eigenvalue weighted by Gasteiger charge is 2.40. The molecule has 0 aliphatic carbocycles. The van der Waals surface area contributed by atoms with Gasteiger partial charge in [0.2, 0.25) is 11.7 Å². The molecule has 0 spiro atoms. The molecule has 0 radical (unpaired) electrons. The lowest BCUT2D eigenvalue weighted by Gasteiger charge is -2.36. The molecule has 1 aliphatic rings. The summed E-state index contributed by atoms with van der Waals surface area (Å²) in [5, 5.41) is 11.5. The smallest absolute Gasteiger partial charge is 0.408 e. The van der Waals surface area contributed by atoms with E-state index in [1.807, 2.05) is 0 Å². The molecule has 0 N–H and O–H groups in total. The third-order valence-corrected chi connectivity index (χ3v) is 10.1. The molecule has 11 heteroatoms. The number of aromatic nitrogens is 1. The van der Waals surface area contributed by atoms with Gasteiger partial charge in [-0.2, -0.15) is 0 Å². The van der Waals surface area contributed by atoms with Gasteiger partial charge in [-0.3, -0.25) is 9.69 Å². The molecule has 1 atom stereocenters. The van der Waals surface area contributed by atoms with Gasteiger partial charge in [-0.1, -0.05) is 20.8 Å². The largest absolute Gasteiger partial charge is 0.474 e. The van der Waals surface area contributed by atoms with Crippen LogP contribution in [0.2, 0.25) is 18.1 Å². The maximum atomic E-state index is 12.5. The molecule has 1 aliphatic heterocycles. The highest BCUT2D eigenvalue weighted by Crippen LogP contribution is 2.37. The lowest BCUT2D eigenvalue weighted by atomic mass is 10.1. The molecule has 2 heterocycles. The number of carbonyl (C=O) groups excluding carboxylic acids is 2. The van der Waals surface area contributed by atoms with Crippen LogP contribution in [0.5, 0.6) is 5.75 Å². The Morgan fingerprint density at radius 3 is 2.61 bits per heavy atom. The summed E-state index contributed by atoms with van der Waals surface area (Å²) in [5.41, 5.74) is 0. The van der Waals surface area contributed by atoms with Crippen molar-refractivity contribution in [3.63, 3.8) is 0 Å². The van der Waals surface area contributed by atoms with Crippen LogP contribution in [0.15, 0.2) is 12.1 Å². The lowest BCUT2D eigenvalue weighted by molar-refractivity contribution is -0.390. The summed E-state index contributed by atoms with van der Waals surface area (Å²) in [4.78, 5) is 40.2. The van der Waals surface area contributed by atoms with Crippen molar-refractivity contribution >= 4 is 31.8 Å². The molecule has 10 nitrogen and oxygen atoms in total. The normalized spacial score (nSPS) is 17.0. The van der Waals surface area contributed by atoms with Gasteiger partial charge in [0.05, 0.1) is 6.61 Å². The zero-order chi connectivity index (χ0) is 23.4. The molecule has 1 aromatic heterocycles. The number of pyridine rings is 1. The minimum Gasteiger partial charge on any atom is -0.474 e. The summed E-state index contributed by atoms with van der Waals surface area (Å²) in [6.07, 6.45) is 0.297. The number of hydrogen-bond donors (Lipinski definition) is 0. The average molecular weight is 454 g/mol. The van der Waals surface area contributed by atoms with Crippen LogP contribution < -0.4 is 9.64 Å². The van der Waals surface area contributed by atoms with E-state index in [4.69, 9.17) is 13.9 Å².